The van der Waals surface area contributed by atoms with E-state index in [9.17, 15) is 19.5 Å². The second-order valence-corrected chi connectivity index (χ2v) is 11.4. The van der Waals surface area contributed by atoms with Gasteiger partial charge < -0.3 is 30.7 Å². The molecular formula is C27H39N5O5S. The fourth-order valence-corrected chi connectivity index (χ4v) is 5.22. The Morgan fingerprint density at radius 2 is 1.95 bits per heavy atom. The van der Waals surface area contributed by atoms with Crippen LogP contribution in [0.25, 0.3) is 10.4 Å². The van der Waals surface area contributed by atoms with Crippen LogP contribution in [0.3, 0.4) is 0 Å². The molecule has 3 heterocycles. The number of aromatic nitrogens is 1. The summed E-state index contributed by atoms with van der Waals surface area (Å²) in [5, 5.41) is 18.7. The number of aliphatic hydroxyl groups is 1. The van der Waals surface area contributed by atoms with Crippen LogP contribution in [-0.4, -0.2) is 84.3 Å². The van der Waals surface area contributed by atoms with Crippen molar-refractivity contribution in [1.82, 2.24) is 25.8 Å². The lowest BCUT2D eigenvalue weighted by molar-refractivity contribution is -0.143. The van der Waals surface area contributed by atoms with Crippen LogP contribution in [-0.2, 0) is 25.7 Å². The molecule has 0 unspecified atom stereocenters. The first-order valence-electron chi connectivity index (χ1n) is 12.9. The standard InChI is InChI=1S/C23H30N4O4S.C4H9NO/c1-14-19(32-13-26-14)16-7-5-15(6-8-16)10-24-21(30)18-9-17(29)11-27(18)22(31)20(25-12-28)23(2,3)4;1-3-6-4-2-5-1/h5-8,12-13,17-18,20,29H,9-11H2,1-4H3,(H,24,30)(H,25,28);5H,1-4H2/t17-,18+,20-;/m1./s1. The van der Waals surface area contributed by atoms with Crippen LogP contribution in [0.15, 0.2) is 29.8 Å². The van der Waals surface area contributed by atoms with Gasteiger partial charge in [-0.15, -0.1) is 11.3 Å². The summed E-state index contributed by atoms with van der Waals surface area (Å²) in [6.07, 6.45) is -0.125. The summed E-state index contributed by atoms with van der Waals surface area (Å²) < 4.78 is 5.01. The average molecular weight is 546 g/mol. The molecule has 11 heteroatoms. The zero-order chi connectivity index (χ0) is 27.7. The average Bonchev–Trinajstić information content (AvgIpc) is 3.52. The fraction of sp³-hybridized carbons (Fsp3) is 0.556. The first kappa shape index (κ1) is 29.7. The number of aryl methyl sites for hydroxylation is 1. The van der Waals surface area contributed by atoms with Gasteiger partial charge in [-0.2, -0.15) is 0 Å². The molecule has 2 fully saturated rings. The van der Waals surface area contributed by atoms with Crippen LogP contribution in [0.5, 0.6) is 0 Å². The molecule has 38 heavy (non-hydrogen) atoms. The number of benzene rings is 1. The Hall–Kier alpha value is -2.86. The highest BCUT2D eigenvalue weighted by Crippen LogP contribution is 2.28. The van der Waals surface area contributed by atoms with Crippen molar-refractivity contribution in [2.24, 2.45) is 5.41 Å². The summed E-state index contributed by atoms with van der Waals surface area (Å²) >= 11 is 1.59. The number of thiazole rings is 1. The van der Waals surface area contributed by atoms with Crippen LogP contribution in [0.2, 0.25) is 0 Å². The van der Waals surface area contributed by atoms with Gasteiger partial charge in [0.05, 0.1) is 35.4 Å². The molecule has 1 aromatic carbocycles. The topological polar surface area (TPSA) is 133 Å². The predicted octanol–water partition coefficient (Wildman–Crippen LogP) is 1.46. The number of morpholine rings is 1. The molecule has 10 nitrogen and oxygen atoms in total. The molecule has 2 aliphatic heterocycles. The van der Waals surface area contributed by atoms with E-state index in [1.807, 2.05) is 57.5 Å². The number of nitrogens with one attached hydrogen (secondary N) is 3. The molecule has 3 atom stereocenters. The molecule has 0 spiro atoms. The number of amides is 3. The van der Waals surface area contributed by atoms with E-state index in [0.717, 1.165) is 48.0 Å². The van der Waals surface area contributed by atoms with Crippen molar-refractivity contribution in [3.63, 3.8) is 0 Å². The number of likely N-dealkylation sites (tertiary alicyclic amines) is 1. The van der Waals surface area contributed by atoms with Crippen molar-refractivity contribution in [1.29, 1.82) is 0 Å². The highest BCUT2D eigenvalue weighted by molar-refractivity contribution is 7.13. The molecule has 208 valence electrons. The van der Waals surface area contributed by atoms with Crippen LogP contribution in [0.4, 0.5) is 0 Å². The van der Waals surface area contributed by atoms with E-state index in [1.54, 1.807) is 11.3 Å². The van der Waals surface area contributed by atoms with Crippen molar-refractivity contribution in [3.8, 4) is 10.4 Å². The lowest BCUT2D eigenvalue weighted by Gasteiger charge is -2.34. The number of β-amino-alcohol motifs (C(OH)–C–C–N with tert-alkyl or cyclic N) is 1. The van der Waals surface area contributed by atoms with Gasteiger partial charge in [-0.25, -0.2) is 4.98 Å². The lowest BCUT2D eigenvalue weighted by atomic mass is 9.85. The Bertz CT molecular complexity index is 1050. The molecule has 2 aromatic rings. The molecule has 3 amide bonds. The molecule has 0 bridgehead atoms. The van der Waals surface area contributed by atoms with E-state index >= 15 is 0 Å². The molecule has 1 aromatic heterocycles. The normalized spacial score (nSPS) is 20.2. The molecule has 4 N–H and O–H groups in total. The minimum Gasteiger partial charge on any atom is -0.391 e. The van der Waals surface area contributed by atoms with Crippen molar-refractivity contribution in [2.75, 3.05) is 32.8 Å². The highest BCUT2D eigenvalue weighted by atomic mass is 32.1. The Kier molecular flexibility index (Phi) is 10.8. The summed E-state index contributed by atoms with van der Waals surface area (Å²) in [5.74, 6) is -0.693. The van der Waals surface area contributed by atoms with Crippen molar-refractivity contribution >= 4 is 29.6 Å². The number of ether oxygens (including phenoxy) is 1. The second-order valence-electron chi connectivity index (χ2n) is 10.5. The van der Waals surface area contributed by atoms with E-state index in [0.29, 0.717) is 13.0 Å². The Morgan fingerprint density at radius 1 is 1.26 bits per heavy atom. The third-order valence-corrected chi connectivity index (χ3v) is 7.46. The van der Waals surface area contributed by atoms with Gasteiger partial charge in [-0.1, -0.05) is 45.0 Å². The highest BCUT2D eigenvalue weighted by Gasteiger charge is 2.43. The number of carbonyl (C=O) groups is 3. The van der Waals surface area contributed by atoms with Gasteiger partial charge in [0.2, 0.25) is 18.2 Å². The summed E-state index contributed by atoms with van der Waals surface area (Å²) in [4.78, 5) is 43.8. The predicted molar refractivity (Wildman–Crippen MR) is 146 cm³/mol. The van der Waals surface area contributed by atoms with Crippen LogP contribution in [0.1, 0.15) is 38.4 Å². The maximum atomic E-state index is 13.1. The van der Waals surface area contributed by atoms with E-state index in [2.05, 4.69) is 20.9 Å². The van der Waals surface area contributed by atoms with E-state index in [1.165, 1.54) is 4.90 Å². The van der Waals surface area contributed by atoms with Gasteiger partial charge >= 0.3 is 0 Å². The van der Waals surface area contributed by atoms with E-state index in [-0.39, 0.29) is 24.8 Å². The molecule has 4 rings (SSSR count). The Balaban J connectivity index is 0.000000585. The van der Waals surface area contributed by atoms with Gasteiger partial charge in [-0.3, -0.25) is 14.4 Å². The Morgan fingerprint density at radius 3 is 2.45 bits per heavy atom. The molecule has 0 saturated carbocycles. The zero-order valence-electron chi connectivity index (χ0n) is 22.5. The SMILES string of the molecule is C1COCCN1.Cc1ncsc1-c1ccc(CNC(=O)[C@@H]2C[C@@H](O)CN2C(=O)[C@@H](NC=O)C(C)(C)C)cc1. The summed E-state index contributed by atoms with van der Waals surface area (Å²) in [7, 11) is 0. The molecule has 0 radical (unpaired) electrons. The zero-order valence-corrected chi connectivity index (χ0v) is 23.3. The summed E-state index contributed by atoms with van der Waals surface area (Å²) in [5.41, 5.74) is 4.27. The number of nitrogens with zero attached hydrogens (tertiary/aromatic N) is 2. The molecular weight excluding hydrogens is 506 g/mol. The maximum Gasteiger partial charge on any atom is 0.246 e. The van der Waals surface area contributed by atoms with Crippen molar-refractivity contribution < 1.29 is 24.2 Å². The number of hydrogen-bond donors (Lipinski definition) is 4. The molecule has 0 aliphatic carbocycles. The van der Waals surface area contributed by atoms with Gasteiger partial charge in [0.25, 0.3) is 0 Å². The monoisotopic (exact) mass is 545 g/mol. The maximum absolute atomic E-state index is 13.1. The summed E-state index contributed by atoms with van der Waals surface area (Å²) in [6, 6.07) is 6.32. The van der Waals surface area contributed by atoms with Crippen LogP contribution in [0, 0.1) is 12.3 Å². The third-order valence-electron chi connectivity index (χ3n) is 6.49. The first-order valence-corrected chi connectivity index (χ1v) is 13.7. The minimum atomic E-state index is -0.789. The van der Waals surface area contributed by atoms with E-state index in [4.69, 9.17) is 4.74 Å². The van der Waals surface area contributed by atoms with Crippen LogP contribution < -0.4 is 16.0 Å². The summed E-state index contributed by atoms with van der Waals surface area (Å²) in [6.45, 7) is 11.7. The molecule has 2 aliphatic rings. The number of hydrogen-bond acceptors (Lipinski definition) is 8. The Labute approximate surface area is 228 Å². The van der Waals surface area contributed by atoms with Gasteiger partial charge in [-0.05, 0) is 23.5 Å². The number of rotatable bonds is 7. The number of aliphatic hydroxyl groups excluding tert-OH is 1. The second kappa shape index (κ2) is 13.8. The van der Waals surface area contributed by atoms with Crippen LogP contribution >= 0.6 is 11.3 Å². The van der Waals surface area contributed by atoms with Gasteiger partial charge in [0, 0.05) is 32.6 Å². The largest absolute Gasteiger partial charge is 0.391 e. The first-order chi connectivity index (χ1) is 18.1. The molecule has 2 saturated heterocycles. The van der Waals surface area contributed by atoms with Crippen molar-refractivity contribution in [3.05, 3.63) is 41.0 Å². The smallest absolute Gasteiger partial charge is 0.246 e. The third kappa shape index (κ3) is 8.07. The number of carbonyl (C=O) groups excluding carboxylic acids is 3. The minimum absolute atomic E-state index is 0.0624. The fourth-order valence-electron chi connectivity index (χ4n) is 4.41. The lowest BCUT2D eigenvalue weighted by Crippen LogP contribution is -2.56. The van der Waals surface area contributed by atoms with Gasteiger partial charge in [0.15, 0.2) is 0 Å². The van der Waals surface area contributed by atoms with Gasteiger partial charge in [0.1, 0.15) is 12.1 Å². The van der Waals surface area contributed by atoms with E-state index < -0.39 is 23.6 Å². The quantitative estimate of drug-likeness (QED) is 0.387. The van der Waals surface area contributed by atoms with Crippen molar-refractivity contribution in [2.45, 2.75) is 58.8 Å².